The van der Waals surface area contributed by atoms with Gasteiger partial charge in [0.15, 0.2) is 5.82 Å². The van der Waals surface area contributed by atoms with Crippen LogP contribution in [-0.4, -0.2) is 47.2 Å². The summed E-state index contributed by atoms with van der Waals surface area (Å²) in [6.07, 6.45) is 9.41. The Labute approximate surface area is 204 Å². The zero-order valence-corrected chi connectivity index (χ0v) is 20.2. The molecule has 35 heavy (non-hydrogen) atoms. The van der Waals surface area contributed by atoms with Crippen molar-refractivity contribution in [3.8, 4) is 29.6 Å². The number of rotatable bonds is 5. The van der Waals surface area contributed by atoms with Gasteiger partial charge in [-0.25, -0.2) is 4.39 Å². The van der Waals surface area contributed by atoms with Crippen molar-refractivity contribution < 1.29 is 9.13 Å². The highest BCUT2D eigenvalue weighted by molar-refractivity contribution is 6.02. The molecular weight excluding hydrogens is 441 g/mol. The molecule has 0 radical (unpaired) electrons. The van der Waals surface area contributed by atoms with E-state index >= 15 is 4.39 Å². The van der Waals surface area contributed by atoms with Crippen molar-refractivity contribution in [3.63, 3.8) is 0 Å². The molecule has 1 fully saturated rings. The minimum Gasteiger partial charge on any atom is -0.467 e. The number of aromatic nitrogens is 3. The number of benzene rings is 2. The van der Waals surface area contributed by atoms with Crippen LogP contribution in [0.2, 0.25) is 0 Å². The number of piperazine rings is 1. The Bertz CT molecular complexity index is 1430. The van der Waals surface area contributed by atoms with E-state index in [1.807, 2.05) is 36.4 Å². The molecule has 2 aromatic carbocycles. The molecule has 2 unspecified atom stereocenters. The van der Waals surface area contributed by atoms with E-state index in [0.29, 0.717) is 34.4 Å². The summed E-state index contributed by atoms with van der Waals surface area (Å²) in [4.78, 5) is 15.8. The van der Waals surface area contributed by atoms with Crippen molar-refractivity contribution in [2.45, 2.75) is 38.8 Å². The van der Waals surface area contributed by atoms with Crippen LogP contribution in [0.15, 0.2) is 42.6 Å². The van der Waals surface area contributed by atoms with Crippen molar-refractivity contribution in [3.05, 3.63) is 54.0 Å². The molecular formula is C28H28FN5O. The monoisotopic (exact) mass is 469 g/mol. The van der Waals surface area contributed by atoms with Crippen LogP contribution >= 0.6 is 0 Å². The molecule has 0 amide bonds. The molecule has 0 saturated carbocycles. The summed E-state index contributed by atoms with van der Waals surface area (Å²) in [7, 11) is 1.50. The number of hydrogen-bond donors (Lipinski definition) is 1. The van der Waals surface area contributed by atoms with E-state index in [1.165, 1.54) is 7.11 Å². The maximum atomic E-state index is 16.2. The number of ether oxygens (including phenoxy) is 1. The summed E-state index contributed by atoms with van der Waals surface area (Å²) in [5.74, 6) is 2.85. The number of methoxy groups -OCH3 is 1. The van der Waals surface area contributed by atoms with Gasteiger partial charge in [0, 0.05) is 47.9 Å². The zero-order chi connectivity index (χ0) is 24.5. The third-order valence-electron chi connectivity index (χ3n) is 6.78. The van der Waals surface area contributed by atoms with Crippen LogP contribution in [0.5, 0.6) is 6.01 Å². The Balaban J connectivity index is 1.71. The van der Waals surface area contributed by atoms with Crippen LogP contribution in [0.25, 0.3) is 32.9 Å². The predicted octanol–water partition coefficient (Wildman–Crippen LogP) is 4.94. The van der Waals surface area contributed by atoms with Gasteiger partial charge in [-0.2, -0.15) is 9.97 Å². The molecule has 0 spiro atoms. The van der Waals surface area contributed by atoms with Crippen LogP contribution in [0, 0.1) is 18.2 Å². The number of pyridine rings is 1. The average molecular weight is 470 g/mol. The molecule has 178 valence electrons. The molecule has 0 aliphatic carbocycles. The molecule has 1 aliphatic heterocycles. The first-order chi connectivity index (χ1) is 17.1. The molecule has 3 heterocycles. The van der Waals surface area contributed by atoms with Crippen LogP contribution in [-0.2, 0) is 0 Å². The minimum atomic E-state index is -0.516. The van der Waals surface area contributed by atoms with Gasteiger partial charge in [-0.1, -0.05) is 50.1 Å². The van der Waals surface area contributed by atoms with Crippen LogP contribution in [0.4, 0.5) is 10.2 Å². The second-order valence-electron chi connectivity index (χ2n) is 8.85. The standard InChI is InChI=1S/C28H28FN5O/c1-5-17-10-8-11-18-12-9-13-21(23(17)18)25-24(29)26-22(14-30-25)27(33-28(32-26)35-4)34-15-19(6-2)31-20(7-3)16-34/h1,8-14,19-20,31H,6-7,15-16H2,2-4H3. The fourth-order valence-electron chi connectivity index (χ4n) is 4.91. The number of halogens is 1. The summed E-state index contributed by atoms with van der Waals surface area (Å²) in [5, 5.41) is 5.97. The fraction of sp³-hybridized carbons (Fsp3) is 0.321. The summed E-state index contributed by atoms with van der Waals surface area (Å²) < 4.78 is 21.6. The van der Waals surface area contributed by atoms with Gasteiger partial charge < -0.3 is 15.0 Å². The van der Waals surface area contributed by atoms with E-state index < -0.39 is 5.82 Å². The van der Waals surface area contributed by atoms with Crippen LogP contribution in [0.1, 0.15) is 32.3 Å². The van der Waals surface area contributed by atoms with Gasteiger partial charge in [-0.15, -0.1) is 6.42 Å². The summed E-state index contributed by atoms with van der Waals surface area (Å²) in [5.41, 5.74) is 1.72. The highest BCUT2D eigenvalue weighted by atomic mass is 19.1. The molecule has 1 N–H and O–H groups in total. The summed E-state index contributed by atoms with van der Waals surface area (Å²) in [6.45, 7) is 5.85. The normalized spacial score (nSPS) is 18.1. The summed E-state index contributed by atoms with van der Waals surface area (Å²) in [6, 6.07) is 12.2. The molecule has 1 saturated heterocycles. The molecule has 5 rings (SSSR count). The van der Waals surface area contributed by atoms with E-state index in [0.717, 1.165) is 36.7 Å². The molecule has 4 aromatic rings. The Morgan fingerprint density at radius 3 is 2.49 bits per heavy atom. The third-order valence-corrected chi connectivity index (χ3v) is 6.78. The average Bonchev–Trinajstić information content (AvgIpc) is 2.91. The van der Waals surface area contributed by atoms with Gasteiger partial charge >= 0.3 is 6.01 Å². The molecule has 7 heteroatoms. The van der Waals surface area contributed by atoms with Crippen LogP contribution < -0.4 is 15.0 Å². The van der Waals surface area contributed by atoms with E-state index in [9.17, 15) is 0 Å². The first-order valence-electron chi connectivity index (χ1n) is 12.0. The fourth-order valence-corrected chi connectivity index (χ4v) is 4.91. The lowest BCUT2D eigenvalue weighted by molar-refractivity contribution is 0.352. The quantitative estimate of drug-likeness (QED) is 0.418. The van der Waals surface area contributed by atoms with Gasteiger partial charge in [0.05, 0.1) is 12.5 Å². The van der Waals surface area contributed by atoms with Gasteiger partial charge in [-0.3, -0.25) is 4.98 Å². The Hall–Kier alpha value is -3.76. The van der Waals surface area contributed by atoms with Gasteiger partial charge in [0.25, 0.3) is 0 Å². The number of anilines is 1. The Kier molecular flexibility index (Phi) is 6.23. The second kappa shape index (κ2) is 9.47. The number of terminal acetylenes is 1. The Morgan fingerprint density at radius 2 is 1.83 bits per heavy atom. The topological polar surface area (TPSA) is 63.2 Å². The van der Waals surface area contributed by atoms with Crippen LogP contribution in [0.3, 0.4) is 0 Å². The number of nitrogens with one attached hydrogen (secondary N) is 1. The second-order valence-corrected chi connectivity index (χ2v) is 8.85. The molecule has 0 bridgehead atoms. The lowest BCUT2D eigenvalue weighted by Gasteiger charge is -2.39. The van der Waals surface area contributed by atoms with Crippen molar-refractivity contribution >= 4 is 27.5 Å². The van der Waals surface area contributed by atoms with Gasteiger partial charge in [-0.05, 0) is 24.3 Å². The largest absolute Gasteiger partial charge is 0.467 e. The lowest BCUT2D eigenvalue weighted by Crippen LogP contribution is -2.56. The zero-order valence-electron chi connectivity index (χ0n) is 20.2. The van der Waals surface area contributed by atoms with Crippen molar-refractivity contribution in [2.24, 2.45) is 0 Å². The highest BCUT2D eigenvalue weighted by Gasteiger charge is 2.28. The first-order valence-corrected chi connectivity index (χ1v) is 12.0. The number of fused-ring (bicyclic) bond motifs is 2. The van der Waals surface area contributed by atoms with Gasteiger partial charge in [0.1, 0.15) is 17.0 Å². The van der Waals surface area contributed by atoms with E-state index in [4.69, 9.17) is 11.2 Å². The van der Waals surface area contributed by atoms with Gasteiger partial charge in [0.2, 0.25) is 0 Å². The van der Waals surface area contributed by atoms with Crippen molar-refractivity contribution in [1.82, 2.24) is 20.3 Å². The van der Waals surface area contributed by atoms with E-state index in [-0.39, 0.29) is 17.2 Å². The number of nitrogens with zero attached hydrogens (tertiary/aromatic N) is 4. The minimum absolute atomic E-state index is 0.130. The lowest BCUT2D eigenvalue weighted by atomic mass is 9.96. The molecule has 1 aliphatic rings. The third kappa shape index (κ3) is 4.04. The van der Waals surface area contributed by atoms with Crippen molar-refractivity contribution in [2.75, 3.05) is 25.1 Å². The Morgan fingerprint density at radius 1 is 1.11 bits per heavy atom. The SMILES string of the molecule is C#Cc1cccc2cccc(-c3ncc4c(N5CC(CC)NC(CC)C5)nc(OC)nc4c3F)c12. The maximum absolute atomic E-state index is 16.2. The summed E-state index contributed by atoms with van der Waals surface area (Å²) >= 11 is 0. The molecule has 2 atom stereocenters. The highest BCUT2D eigenvalue weighted by Crippen LogP contribution is 2.36. The van der Waals surface area contributed by atoms with Crippen molar-refractivity contribution in [1.29, 1.82) is 0 Å². The van der Waals surface area contributed by atoms with E-state index in [1.54, 1.807) is 6.20 Å². The molecule has 2 aromatic heterocycles. The predicted molar refractivity (Wildman–Crippen MR) is 138 cm³/mol. The first kappa shape index (κ1) is 23.0. The van der Waals surface area contributed by atoms with E-state index in [2.05, 4.69) is 44.9 Å². The maximum Gasteiger partial charge on any atom is 0.318 e. The number of hydrogen-bond acceptors (Lipinski definition) is 6. The molecule has 6 nitrogen and oxygen atoms in total. The smallest absolute Gasteiger partial charge is 0.318 e.